The summed E-state index contributed by atoms with van der Waals surface area (Å²) in [5, 5.41) is 5.40. The summed E-state index contributed by atoms with van der Waals surface area (Å²) in [4.78, 5) is 19.3. The quantitative estimate of drug-likeness (QED) is 0.898. The Labute approximate surface area is 120 Å². The van der Waals surface area contributed by atoms with Crippen molar-refractivity contribution >= 4 is 21.6 Å². The standard InChI is InChI=1S/C14H17N3O2S/c18-14-13-10(4-6-20-13)16-11(17-14)7-15-9-3-5-19-12(9)8-1-2-8/h4,6,8-9,12,15H,1-3,5,7H2,(H,16,17,18). The molecule has 0 amide bonds. The van der Waals surface area contributed by atoms with E-state index in [-0.39, 0.29) is 5.56 Å². The Morgan fingerprint density at radius 3 is 3.20 bits per heavy atom. The average Bonchev–Trinajstić information content (AvgIpc) is 3.00. The molecule has 1 aliphatic carbocycles. The Bertz CT molecular complexity index is 676. The van der Waals surface area contributed by atoms with Gasteiger partial charge < -0.3 is 15.0 Å². The van der Waals surface area contributed by atoms with E-state index in [0.717, 1.165) is 24.5 Å². The molecular weight excluding hydrogens is 274 g/mol. The first-order valence-corrected chi connectivity index (χ1v) is 8.00. The molecule has 5 nitrogen and oxygen atoms in total. The van der Waals surface area contributed by atoms with Gasteiger partial charge in [0.15, 0.2) is 0 Å². The molecule has 0 bridgehead atoms. The van der Waals surface area contributed by atoms with Gasteiger partial charge in [0, 0.05) is 12.6 Å². The molecule has 0 aromatic carbocycles. The fraction of sp³-hybridized carbons (Fsp3) is 0.571. The van der Waals surface area contributed by atoms with Crippen molar-refractivity contribution in [2.45, 2.75) is 38.0 Å². The number of nitrogens with zero attached hydrogens (tertiary/aromatic N) is 1. The third-order valence-corrected chi connectivity index (χ3v) is 5.02. The summed E-state index contributed by atoms with van der Waals surface area (Å²) >= 11 is 1.43. The van der Waals surface area contributed by atoms with Gasteiger partial charge in [-0.1, -0.05) is 0 Å². The van der Waals surface area contributed by atoms with Gasteiger partial charge in [-0.05, 0) is 36.6 Å². The molecule has 106 valence electrons. The van der Waals surface area contributed by atoms with Crippen LogP contribution < -0.4 is 10.9 Å². The van der Waals surface area contributed by atoms with E-state index in [2.05, 4.69) is 15.3 Å². The fourth-order valence-electron chi connectivity index (χ4n) is 2.95. The first-order valence-electron chi connectivity index (χ1n) is 7.12. The van der Waals surface area contributed by atoms with Crippen molar-refractivity contribution < 1.29 is 4.74 Å². The third kappa shape index (κ3) is 2.28. The van der Waals surface area contributed by atoms with E-state index < -0.39 is 0 Å². The monoisotopic (exact) mass is 291 g/mol. The summed E-state index contributed by atoms with van der Waals surface area (Å²) in [5.74, 6) is 1.45. The summed E-state index contributed by atoms with van der Waals surface area (Å²) in [5.41, 5.74) is 0.750. The van der Waals surface area contributed by atoms with E-state index in [9.17, 15) is 4.79 Å². The van der Waals surface area contributed by atoms with Crippen LogP contribution in [-0.4, -0.2) is 28.7 Å². The lowest BCUT2D eigenvalue weighted by atomic mass is 10.1. The third-order valence-electron chi connectivity index (χ3n) is 4.12. The molecule has 0 radical (unpaired) electrons. The first kappa shape index (κ1) is 12.5. The van der Waals surface area contributed by atoms with Crippen molar-refractivity contribution in [3.05, 3.63) is 27.6 Å². The number of hydrogen-bond donors (Lipinski definition) is 2. The van der Waals surface area contributed by atoms with Crippen molar-refractivity contribution in [1.29, 1.82) is 0 Å². The number of rotatable bonds is 4. The Hall–Kier alpha value is -1.24. The van der Waals surface area contributed by atoms with Crippen molar-refractivity contribution in [1.82, 2.24) is 15.3 Å². The zero-order valence-electron chi connectivity index (χ0n) is 11.1. The predicted octanol–water partition coefficient (Wildman–Crippen LogP) is 1.64. The van der Waals surface area contributed by atoms with Gasteiger partial charge in [-0.3, -0.25) is 4.79 Å². The normalized spacial score (nSPS) is 26.4. The molecule has 2 unspecified atom stereocenters. The molecule has 3 heterocycles. The summed E-state index contributed by atoms with van der Waals surface area (Å²) in [7, 11) is 0. The lowest BCUT2D eigenvalue weighted by Crippen LogP contribution is -2.37. The first-order chi connectivity index (χ1) is 9.81. The van der Waals surface area contributed by atoms with Crippen LogP contribution in [0.4, 0.5) is 0 Å². The minimum Gasteiger partial charge on any atom is -0.376 e. The summed E-state index contributed by atoms with van der Waals surface area (Å²) in [6.45, 7) is 1.44. The average molecular weight is 291 g/mol. The lowest BCUT2D eigenvalue weighted by molar-refractivity contribution is 0.0807. The number of H-pyrrole nitrogens is 1. The molecule has 20 heavy (non-hydrogen) atoms. The molecule has 2 aromatic heterocycles. The molecule has 2 fully saturated rings. The van der Waals surface area contributed by atoms with Gasteiger partial charge in [-0.2, -0.15) is 0 Å². The minimum absolute atomic E-state index is 0.0387. The van der Waals surface area contributed by atoms with Crippen molar-refractivity contribution in [2.75, 3.05) is 6.61 Å². The molecule has 1 saturated carbocycles. The second-order valence-electron chi connectivity index (χ2n) is 5.60. The predicted molar refractivity (Wildman–Crippen MR) is 77.9 cm³/mol. The van der Waals surface area contributed by atoms with E-state index in [1.54, 1.807) is 0 Å². The van der Waals surface area contributed by atoms with Crippen molar-refractivity contribution in [3.63, 3.8) is 0 Å². The maximum absolute atomic E-state index is 11.9. The molecule has 2 atom stereocenters. The van der Waals surface area contributed by atoms with E-state index >= 15 is 0 Å². The Morgan fingerprint density at radius 1 is 1.45 bits per heavy atom. The van der Waals surface area contributed by atoms with Crippen LogP contribution in [0.1, 0.15) is 25.1 Å². The maximum Gasteiger partial charge on any atom is 0.268 e. The largest absolute Gasteiger partial charge is 0.376 e. The highest BCUT2D eigenvalue weighted by Gasteiger charge is 2.40. The number of fused-ring (bicyclic) bond motifs is 1. The van der Waals surface area contributed by atoms with E-state index in [1.165, 1.54) is 24.2 Å². The van der Waals surface area contributed by atoms with Crippen molar-refractivity contribution in [2.24, 2.45) is 5.92 Å². The van der Waals surface area contributed by atoms with Gasteiger partial charge in [0.05, 0.1) is 18.2 Å². The summed E-state index contributed by atoms with van der Waals surface area (Å²) in [6, 6.07) is 2.29. The fourth-order valence-corrected chi connectivity index (χ4v) is 3.68. The zero-order valence-corrected chi connectivity index (χ0v) is 11.9. The highest BCUT2D eigenvalue weighted by Crippen LogP contribution is 2.38. The Balaban J connectivity index is 1.48. The van der Waals surface area contributed by atoms with Gasteiger partial charge in [0.2, 0.25) is 0 Å². The Morgan fingerprint density at radius 2 is 2.35 bits per heavy atom. The van der Waals surface area contributed by atoms with Crippen LogP contribution in [0.3, 0.4) is 0 Å². The zero-order chi connectivity index (χ0) is 13.5. The molecule has 4 rings (SSSR count). The molecule has 0 spiro atoms. The molecule has 2 aromatic rings. The van der Waals surface area contributed by atoms with Crippen LogP contribution >= 0.6 is 11.3 Å². The molecule has 1 saturated heterocycles. The van der Waals surface area contributed by atoms with Gasteiger partial charge in [0.25, 0.3) is 5.56 Å². The van der Waals surface area contributed by atoms with Gasteiger partial charge in [-0.25, -0.2) is 4.98 Å². The van der Waals surface area contributed by atoms with Gasteiger partial charge >= 0.3 is 0 Å². The van der Waals surface area contributed by atoms with Crippen LogP contribution in [0.5, 0.6) is 0 Å². The highest BCUT2D eigenvalue weighted by atomic mass is 32.1. The minimum atomic E-state index is -0.0387. The number of aromatic amines is 1. The van der Waals surface area contributed by atoms with Crippen LogP contribution in [0.15, 0.2) is 16.2 Å². The van der Waals surface area contributed by atoms with Crippen LogP contribution in [0.2, 0.25) is 0 Å². The lowest BCUT2D eigenvalue weighted by Gasteiger charge is -2.19. The van der Waals surface area contributed by atoms with Gasteiger partial charge in [0.1, 0.15) is 10.5 Å². The number of hydrogen-bond acceptors (Lipinski definition) is 5. The smallest absolute Gasteiger partial charge is 0.268 e. The molecule has 1 aliphatic heterocycles. The van der Waals surface area contributed by atoms with E-state index in [0.29, 0.717) is 29.2 Å². The summed E-state index contributed by atoms with van der Waals surface area (Å²) in [6.07, 6.45) is 3.98. The number of thiophene rings is 1. The van der Waals surface area contributed by atoms with Crippen molar-refractivity contribution in [3.8, 4) is 0 Å². The molecule has 6 heteroatoms. The van der Waals surface area contributed by atoms with Gasteiger partial charge in [-0.15, -0.1) is 11.3 Å². The van der Waals surface area contributed by atoms with E-state index in [1.807, 2.05) is 11.4 Å². The van der Waals surface area contributed by atoms with E-state index in [4.69, 9.17) is 4.74 Å². The number of nitrogens with one attached hydrogen (secondary N) is 2. The second-order valence-corrected chi connectivity index (χ2v) is 6.51. The SMILES string of the molecule is O=c1[nH]c(CNC2CCOC2C2CC2)nc2ccsc12. The number of ether oxygens (including phenoxy) is 1. The Kier molecular flexibility index (Phi) is 3.09. The topological polar surface area (TPSA) is 67.0 Å². The van der Waals surface area contributed by atoms with Crippen LogP contribution in [0.25, 0.3) is 10.2 Å². The van der Waals surface area contributed by atoms with Crippen LogP contribution in [0, 0.1) is 5.92 Å². The summed E-state index contributed by atoms with van der Waals surface area (Å²) < 4.78 is 6.51. The number of aromatic nitrogens is 2. The highest BCUT2D eigenvalue weighted by molar-refractivity contribution is 7.17. The van der Waals surface area contributed by atoms with Crippen LogP contribution in [-0.2, 0) is 11.3 Å². The molecule has 2 aliphatic rings. The second kappa shape index (κ2) is 4.95. The molecule has 2 N–H and O–H groups in total. The molecular formula is C14H17N3O2S. The maximum atomic E-state index is 11.9.